The van der Waals surface area contributed by atoms with Gasteiger partial charge in [-0.2, -0.15) is 0 Å². The van der Waals surface area contributed by atoms with Crippen molar-refractivity contribution in [2.24, 2.45) is 5.73 Å². The third-order valence-electron chi connectivity index (χ3n) is 3.30. The minimum Gasteiger partial charge on any atom is -0.333 e. The molecule has 0 aliphatic rings. The Labute approximate surface area is 136 Å². The summed E-state index contributed by atoms with van der Waals surface area (Å²) in [6, 6.07) is 12.5. The number of nitrogens with two attached hydrogens (primary N) is 1. The summed E-state index contributed by atoms with van der Waals surface area (Å²) in [6.07, 6.45) is 0. The van der Waals surface area contributed by atoms with Crippen LogP contribution < -0.4 is 5.73 Å². The van der Waals surface area contributed by atoms with Crippen molar-refractivity contribution in [2.45, 2.75) is 29.9 Å². The summed E-state index contributed by atoms with van der Waals surface area (Å²) in [4.78, 5) is 9.09. The van der Waals surface area contributed by atoms with E-state index in [9.17, 15) is 0 Å². The monoisotopic (exact) mass is 361 g/mol. The summed E-state index contributed by atoms with van der Waals surface area (Å²) >= 11 is 5.22. The Morgan fingerprint density at radius 3 is 2.76 bits per heavy atom. The Morgan fingerprint density at radius 1 is 1.24 bits per heavy atom. The van der Waals surface area contributed by atoms with E-state index in [2.05, 4.69) is 63.2 Å². The quantitative estimate of drug-likeness (QED) is 0.703. The number of nitrogens with one attached hydrogen (secondary N) is 1. The molecular formula is C16H16BrN3S. The summed E-state index contributed by atoms with van der Waals surface area (Å²) in [6.45, 7) is 4.06. The highest BCUT2D eigenvalue weighted by molar-refractivity contribution is 9.10. The lowest BCUT2D eigenvalue weighted by atomic mass is 10.1. The van der Waals surface area contributed by atoms with Crippen LogP contribution in [0.4, 0.5) is 0 Å². The van der Waals surface area contributed by atoms with Crippen LogP contribution in [0.15, 0.2) is 50.9 Å². The lowest BCUT2D eigenvalue weighted by Gasteiger charge is -2.08. The number of nitrogens with zero attached hydrogens (tertiary/aromatic N) is 1. The smallest absolute Gasteiger partial charge is 0.171 e. The molecule has 0 aliphatic carbocycles. The molecule has 3 N–H and O–H groups in total. The van der Waals surface area contributed by atoms with Gasteiger partial charge in [0, 0.05) is 15.4 Å². The second-order valence-electron chi connectivity index (χ2n) is 5.14. The summed E-state index contributed by atoms with van der Waals surface area (Å²) < 4.78 is 1.04. The van der Waals surface area contributed by atoms with E-state index < -0.39 is 0 Å². The van der Waals surface area contributed by atoms with Gasteiger partial charge in [0.1, 0.15) is 0 Å². The predicted octanol–water partition coefficient (Wildman–Crippen LogP) is 4.80. The minimum atomic E-state index is 0.0366. The van der Waals surface area contributed by atoms with Crippen LogP contribution in [0, 0.1) is 6.92 Å². The van der Waals surface area contributed by atoms with E-state index in [-0.39, 0.29) is 6.04 Å². The molecule has 1 heterocycles. The van der Waals surface area contributed by atoms with Gasteiger partial charge in [-0.15, -0.1) is 0 Å². The number of aromatic amines is 1. The van der Waals surface area contributed by atoms with Crippen molar-refractivity contribution in [2.75, 3.05) is 0 Å². The lowest BCUT2D eigenvalue weighted by Crippen LogP contribution is -2.04. The molecule has 108 valence electrons. The van der Waals surface area contributed by atoms with Crippen LogP contribution in [0.5, 0.6) is 0 Å². The average Bonchev–Trinajstić information content (AvgIpc) is 2.82. The van der Waals surface area contributed by atoms with Crippen LogP contribution >= 0.6 is 27.7 Å². The van der Waals surface area contributed by atoms with Crippen LogP contribution in [0.2, 0.25) is 0 Å². The van der Waals surface area contributed by atoms with Gasteiger partial charge in [0.2, 0.25) is 0 Å². The van der Waals surface area contributed by atoms with Gasteiger partial charge < -0.3 is 10.7 Å². The number of halogens is 1. The van der Waals surface area contributed by atoms with E-state index in [1.807, 2.05) is 13.0 Å². The number of aryl methyl sites for hydroxylation is 1. The van der Waals surface area contributed by atoms with E-state index in [1.54, 1.807) is 11.8 Å². The topological polar surface area (TPSA) is 54.7 Å². The molecule has 0 amide bonds. The molecule has 0 aliphatic heterocycles. The molecule has 0 unspecified atom stereocenters. The Kier molecular flexibility index (Phi) is 4.06. The zero-order chi connectivity index (χ0) is 15.0. The molecule has 3 rings (SSSR count). The molecule has 3 aromatic rings. The normalized spacial score (nSPS) is 12.8. The van der Waals surface area contributed by atoms with Crippen LogP contribution in [0.1, 0.15) is 24.1 Å². The second kappa shape index (κ2) is 5.83. The lowest BCUT2D eigenvalue weighted by molar-refractivity contribution is 0.815. The highest BCUT2D eigenvalue weighted by Crippen LogP contribution is 2.34. The van der Waals surface area contributed by atoms with E-state index in [0.29, 0.717) is 0 Å². The SMILES string of the molecule is Cc1ccc2nc(Sc3ccc([C@@H](C)N)cc3Br)[nH]c2c1. The first kappa shape index (κ1) is 14.6. The number of aromatic nitrogens is 2. The fraction of sp³-hybridized carbons (Fsp3) is 0.188. The van der Waals surface area contributed by atoms with E-state index in [0.717, 1.165) is 31.1 Å². The highest BCUT2D eigenvalue weighted by atomic mass is 79.9. The molecule has 0 radical (unpaired) electrons. The van der Waals surface area contributed by atoms with Crippen molar-refractivity contribution >= 4 is 38.7 Å². The Bertz CT molecular complexity index is 795. The van der Waals surface area contributed by atoms with E-state index in [4.69, 9.17) is 5.73 Å². The van der Waals surface area contributed by atoms with Crippen molar-refractivity contribution in [1.82, 2.24) is 9.97 Å². The molecule has 0 spiro atoms. The zero-order valence-electron chi connectivity index (χ0n) is 11.9. The van der Waals surface area contributed by atoms with Crippen molar-refractivity contribution in [3.63, 3.8) is 0 Å². The fourth-order valence-corrected chi connectivity index (χ4v) is 3.58. The van der Waals surface area contributed by atoms with Gasteiger partial charge in [-0.25, -0.2) is 4.98 Å². The summed E-state index contributed by atoms with van der Waals surface area (Å²) in [5, 5.41) is 0.893. The van der Waals surface area contributed by atoms with Crippen molar-refractivity contribution in [3.8, 4) is 0 Å². The van der Waals surface area contributed by atoms with Gasteiger partial charge in [-0.1, -0.05) is 23.9 Å². The Balaban J connectivity index is 1.91. The summed E-state index contributed by atoms with van der Waals surface area (Å²) in [5.74, 6) is 0. The molecule has 5 heteroatoms. The fourth-order valence-electron chi connectivity index (χ4n) is 2.14. The molecular weight excluding hydrogens is 346 g/mol. The largest absolute Gasteiger partial charge is 0.333 e. The Hall–Kier alpha value is -1.30. The number of hydrogen-bond acceptors (Lipinski definition) is 3. The van der Waals surface area contributed by atoms with Gasteiger partial charge in [0.15, 0.2) is 5.16 Å². The predicted molar refractivity (Wildman–Crippen MR) is 91.7 cm³/mol. The summed E-state index contributed by atoms with van der Waals surface area (Å²) in [7, 11) is 0. The maximum atomic E-state index is 5.90. The third-order valence-corrected chi connectivity index (χ3v) is 5.19. The van der Waals surface area contributed by atoms with E-state index in [1.165, 1.54) is 5.56 Å². The highest BCUT2D eigenvalue weighted by Gasteiger charge is 2.09. The van der Waals surface area contributed by atoms with Crippen LogP contribution in [0.3, 0.4) is 0 Å². The van der Waals surface area contributed by atoms with Crippen LogP contribution in [0.25, 0.3) is 11.0 Å². The van der Waals surface area contributed by atoms with Gasteiger partial charge in [-0.3, -0.25) is 0 Å². The van der Waals surface area contributed by atoms with Crippen molar-refractivity contribution < 1.29 is 0 Å². The Morgan fingerprint density at radius 2 is 2.05 bits per heavy atom. The number of imidazole rings is 1. The van der Waals surface area contributed by atoms with Crippen molar-refractivity contribution in [1.29, 1.82) is 0 Å². The first-order chi connectivity index (χ1) is 10.0. The molecule has 21 heavy (non-hydrogen) atoms. The molecule has 3 nitrogen and oxygen atoms in total. The molecule has 1 atom stereocenters. The number of benzene rings is 2. The van der Waals surface area contributed by atoms with Gasteiger partial charge >= 0.3 is 0 Å². The number of hydrogen-bond donors (Lipinski definition) is 2. The minimum absolute atomic E-state index is 0.0366. The average molecular weight is 362 g/mol. The number of H-pyrrole nitrogens is 1. The van der Waals surface area contributed by atoms with Crippen LogP contribution in [-0.4, -0.2) is 9.97 Å². The molecule has 0 fully saturated rings. The van der Waals surface area contributed by atoms with Gasteiger partial charge in [0.25, 0.3) is 0 Å². The molecule has 0 saturated heterocycles. The number of fused-ring (bicyclic) bond motifs is 1. The maximum Gasteiger partial charge on any atom is 0.171 e. The van der Waals surface area contributed by atoms with Gasteiger partial charge in [0.05, 0.1) is 11.0 Å². The van der Waals surface area contributed by atoms with Gasteiger partial charge in [-0.05, 0) is 65.2 Å². The molecule has 0 bridgehead atoms. The second-order valence-corrected chi connectivity index (χ2v) is 7.03. The maximum absolute atomic E-state index is 5.90. The summed E-state index contributed by atoms with van der Waals surface area (Å²) in [5.41, 5.74) is 10.3. The molecule has 0 saturated carbocycles. The first-order valence-electron chi connectivity index (χ1n) is 6.72. The number of rotatable bonds is 3. The van der Waals surface area contributed by atoms with Crippen molar-refractivity contribution in [3.05, 3.63) is 52.0 Å². The standard InChI is InChI=1S/C16H16BrN3S/c1-9-3-5-13-14(7-9)20-16(19-13)21-15-6-4-11(10(2)18)8-12(15)17/h3-8,10H,18H2,1-2H3,(H,19,20)/t10-/m1/s1. The molecule has 2 aromatic carbocycles. The van der Waals surface area contributed by atoms with E-state index >= 15 is 0 Å². The third kappa shape index (κ3) is 3.15. The van der Waals surface area contributed by atoms with Crippen LogP contribution in [-0.2, 0) is 0 Å². The molecule has 1 aromatic heterocycles. The zero-order valence-corrected chi connectivity index (χ0v) is 14.3. The first-order valence-corrected chi connectivity index (χ1v) is 8.33.